The Morgan fingerprint density at radius 2 is 1.00 bits per heavy atom. The fourth-order valence-electron chi connectivity index (χ4n) is 3.89. The average molecular weight is 339 g/mol. The number of nitrogens with zero attached hydrogens (tertiary/aromatic N) is 2. The highest BCUT2D eigenvalue weighted by Gasteiger charge is 2.23. The van der Waals surface area contributed by atoms with E-state index in [9.17, 15) is 0 Å². The smallest absolute Gasteiger partial charge is 0.00928 e. The Kier molecular flexibility index (Phi) is 8.76. The molecule has 0 aromatic carbocycles. The van der Waals surface area contributed by atoms with Crippen LogP contribution in [0.25, 0.3) is 0 Å². The maximum atomic E-state index is 2.52. The molecule has 0 amide bonds. The highest BCUT2D eigenvalue weighted by molar-refractivity contribution is 4.79. The van der Waals surface area contributed by atoms with Gasteiger partial charge in [-0.1, -0.05) is 41.5 Å². The number of hydrogen-bond acceptors (Lipinski definition) is 2. The standard InChI is InChI=1S/2C11H23N/c2*1-11(2,3)8-7-10-6-5-9-12(10)4/h2*10H,5-9H2,1-4H3/t2*10-/m10/s1. The molecule has 2 aliphatic rings. The normalized spacial score (nSPS) is 26.5. The molecule has 2 aliphatic heterocycles. The first kappa shape index (κ1) is 22.0. The van der Waals surface area contributed by atoms with E-state index >= 15 is 0 Å². The SMILES string of the molecule is CN1CCC[C@@H]1CCC(C)(C)C.CN1CCC[C@H]1CCC(C)(C)C. The predicted molar refractivity (Wildman–Crippen MR) is 109 cm³/mol. The lowest BCUT2D eigenvalue weighted by atomic mass is 9.88. The van der Waals surface area contributed by atoms with Gasteiger partial charge in [0.2, 0.25) is 0 Å². The molecule has 0 saturated carbocycles. The summed E-state index contributed by atoms with van der Waals surface area (Å²) < 4.78 is 0. The third-order valence-electron chi connectivity index (χ3n) is 5.80. The van der Waals surface area contributed by atoms with Crippen LogP contribution in [0.15, 0.2) is 0 Å². The van der Waals surface area contributed by atoms with Crippen LogP contribution >= 0.6 is 0 Å². The van der Waals surface area contributed by atoms with Crippen LogP contribution in [-0.4, -0.2) is 49.1 Å². The lowest BCUT2D eigenvalue weighted by molar-refractivity contribution is 0.254. The zero-order valence-electron chi connectivity index (χ0n) is 18.1. The molecule has 2 rings (SSSR count). The molecule has 0 aliphatic carbocycles. The number of likely N-dealkylation sites (tertiary alicyclic amines) is 2. The molecular weight excluding hydrogens is 292 g/mol. The molecule has 24 heavy (non-hydrogen) atoms. The van der Waals surface area contributed by atoms with Gasteiger partial charge in [0.1, 0.15) is 0 Å². The molecule has 144 valence electrons. The van der Waals surface area contributed by atoms with Crippen molar-refractivity contribution in [2.75, 3.05) is 27.2 Å². The van der Waals surface area contributed by atoms with Crippen LogP contribution in [0.4, 0.5) is 0 Å². The Balaban J connectivity index is 0.000000240. The average Bonchev–Trinajstić information content (AvgIpc) is 3.02. The summed E-state index contributed by atoms with van der Waals surface area (Å²) in [5.41, 5.74) is 1.03. The molecule has 0 aromatic heterocycles. The summed E-state index contributed by atoms with van der Waals surface area (Å²) in [6, 6.07) is 1.76. The van der Waals surface area contributed by atoms with Gasteiger partial charge in [0.15, 0.2) is 0 Å². The first-order chi connectivity index (χ1) is 11.0. The van der Waals surface area contributed by atoms with Gasteiger partial charge in [-0.3, -0.25) is 0 Å². The largest absolute Gasteiger partial charge is 0.303 e. The van der Waals surface area contributed by atoms with Crippen LogP contribution in [0.3, 0.4) is 0 Å². The maximum absolute atomic E-state index is 2.52. The van der Waals surface area contributed by atoms with E-state index in [-0.39, 0.29) is 0 Å². The second kappa shape index (κ2) is 9.57. The molecule has 2 nitrogen and oxygen atoms in total. The van der Waals surface area contributed by atoms with E-state index in [2.05, 4.69) is 65.4 Å². The molecule has 0 N–H and O–H groups in total. The van der Waals surface area contributed by atoms with E-state index in [4.69, 9.17) is 0 Å². The van der Waals surface area contributed by atoms with Gasteiger partial charge in [0.25, 0.3) is 0 Å². The third-order valence-corrected chi connectivity index (χ3v) is 5.80. The minimum absolute atomic E-state index is 0.517. The van der Waals surface area contributed by atoms with E-state index in [1.807, 2.05) is 0 Å². The van der Waals surface area contributed by atoms with Gasteiger partial charge in [0, 0.05) is 12.1 Å². The van der Waals surface area contributed by atoms with E-state index in [1.54, 1.807) is 0 Å². The van der Waals surface area contributed by atoms with Crippen molar-refractivity contribution in [3.8, 4) is 0 Å². The molecule has 0 aromatic rings. The zero-order valence-corrected chi connectivity index (χ0v) is 18.1. The molecule has 2 fully saturated rings. The minimum atomic E-state index is 0.517. The molecule has 0 spiro atoms. The fourth-order valence-corrected chi connectivity index (χ4v) is 3.89. The molecule has 0 unspecified atom stereocenters. The Bertz CT molecular complexity index is 303. The Morgan fingerprint density at radius 3 is 1.21 bits per heavy atom. The summed E-state index contributed by atoms with van der Waals surface area (Å²) in [7, 11) is 4.53. The van der Waals surface area contributed by atoms with Crippen LogP contribution in [0.5, 0.6) is 0 Å². The monoisotopic (exact) mass is 338 g/mol. The van der Waals surface area contributed by atoms with Crippen molar-refractivity contribution in [2.24, 2.45) is 10.8 Å². The lowest BCUT2D eigenvalue weighted by Crippen LogP contribution is -2.26. The molecular formula is C22H46N2. The van der Waals surface area contributed by atoms with E-state index in [0.717, 1.165) is 12.1 Å². The molecule has 0 bridgehead atoms. The molecule has 0 radical (unpaired) electrons. The van der Waals surface area contributed by atoms with Crippen molar-refractivity contribution in [3.05, 3.63) is 0 Å². The van der Waals surface area contributed by atoms with Crippen LogP contribution in [-0.2, 0) is 0 Å². The van der Waals surface area contributed by atoms with Gasteiger partial charge < -0.3 is 9.80 Å². The minimum Gasteiger partial charge on any atom is -0.303 e. The van der Waals surface area contributed by atoms with E-state index in [1.165, 1.54) is 64.5 Å². The van der Waals surface area contributed by atoms with Crippen molar-refractivity contribution >= 4 is 0 Å². The van der Waals surface area contributed by atoms with Crippen molar-refractivity contribution < 1.29 is 0 Å². The quantitative estimate of drug-likeness (QED) is 0.638. The summed E-state index contributed by atoms with van der Waals surface area (Å²) in [4.78, 5) is 5.04. The van der Waals surface area contributed by atoms with Crippen LogP contribution < -0.4 is 0 Å². The van der Waals surface area contributed by atoms with Crippen LogP contribution in [0.2, 0.25) is 0 Å². The first-order valence-electron chi connectivity index (χ1n) is 10.4. The molecule has 2 saturated heterocycles. The van der Waals surface area contributed by atoms with Gasteiger partial charge in [-0.05, 0) is 89.4 Å². The first-order valence-corrected chi connectivity index (χ1v) is 10.4. The zero-order chi connectivity index (χ0) is 18.4. The highest BCUT2D eigenvalue weighted by Crippen LogP contribution is 2.27. The summed E-state index contributed by atoms with van der Waals surface area (Å²) in [5, 5.41) is 0. The van der Waals surface area contributed by atoms with E-state index < -0.39 is 0 Å². The van der Waals surface area contributed by atoms with Crippen LogP contribution in [0.1, 0.15) is 92.9 Å². The fraction of sp³-hybridized carbons (Fsp3) is 1.00. The van der Waals surface area contributed by atoms with Gasteiger partial charge in [-0.2, -0.15) is 0 Å². The molecule has 2 atom stereocenters. The van der Waals surface area contributed by atoms with Crippen molar-refractivity contribution in [1.29, 1.82) is 0 Å². The second-order valence-corrected chi connectivity index (χ2v) is 10.8. The summed E-state index contributed by atoms with van der Waals surface area (Å²) >= 11 is 0. The second-order valence-electron chi connectivity index (χ2n) is 10.8. The van der Waals surface area contributed by atoms with Gasteiger partial charge in [0.05, 0.1) is 0 Å². The van der Waals surface area contributed by atoms with E-state index in [0.29, 0.717) is 10.8 Å². The highest BCUT2D eigenvalue weighted by atomic mass is 15.1. The van der Waals surface area contributed by atoms with Crippen LogP contribution in [0, 0.1) is 10.8 Å². The molecule has 2 heterocycles. The number of rotatable bonds is 4. The van der Waals surface area contributed by atoms with Gasteiger partial charge in [-0.15, -0.1) is 0 Å². The van der Waals surface area contributed by atoms with Gasteiger partial charge in [-0.25, -0.2) is 0 Å². The maximum Gasteiger partial charge on any atom is 0.00928 e. The van der Waals surface area contributed by atoms with Crippen molar-refractivity contribution in [2.45, 2.75) is 105 Å². The topological polar surface area (TPSA) is 6.48 Å². The van der Waals surface area contributed by atoms with Gasteiger partial charge >= 0.3 is 0 Å². The summed E-state index contributed by atoms with van der Waals surface area (Å²) in [6.45, 7) is 16.6. The third kappa shape index (κ3) is 9.42. The van der Waals surface area contributed by atoms with Crippen molar-refractivity contribution in [1.82, 2.24) is 9.80 Å². The Hall–Kier alpha value is -0.0800. The van der Waals surface area contributed by atoms with Crippen molar-refractivity contribution in [3.63, 3.8) is 0 Å². The Morgan fingerprint density at radius 1 is 0.667 bits per heavy atom. The predicted octanol–water partition coefficient (Wildman–Crippen LogP) is 5.81. The number of hydrogen-bond donors (Lipinski definition) is 0. The molecule has 2 heteroatoms. The summed E-state index contributed by atoms with van der Waals surface area (Å²) in [5.74, 6) is 0. The lowest BCUT2D eigenvalue weighted by Gasteiger charge is -2.24. The Labute approximate surface area is 153 Å². The summed E-state index contributed by atoms with van der Waals surface area (Å²) in [6.07, 6.45) is 11.2.